The van der Waals surface area contributed by atoms with E-state index in [0.29, 0.717) is 43.0 Å². The Labute approximate surface area is 172 Å². The molecule has 8 heteroatoms. The van der Waals surface area contributed by atoms with Gasteiger partial charge >= 0.3 is 0 Å². The molecule has 30 heavy (non-hydrogen) atoms. The van der Waals surface area contributed by atoms with E-state index in [1.54, 1.807) is 0 Å². The molecule has 1 atom stereocenters. The zero-order valence-corrected chi connectivity index (χ0v) is 16.3. The monoisotopic (exact) mass is 407 g/mol. The molecule has 0 unspecified atom stereocenters. The van der Waals surface area contributed by atoms with Crippen LogP contribution in [0.5, 0.6) is 5.75 Å². The van der Waals surface area contributed by atoms with E-state index in [-0.39, 0.29) is 24.1 Å². The van der Waals surface area contributed by atoms with Crippen molar-refractivity contribution >= 4 is 39.5 Å². The van der Waals surface area contributed by atoms with Gasteiger partial charge < -0.3 is 14.2 Å². The average molecular weight is 407 g/mol. The van der Waals surface area contributed by atoms with Crippen molar-refractivity contribution in [1.29, 1.82) is 0 Å². The van der Waals surface area contributed by atoms with Crippen LogP contribution in [0.25, 0.3) is 21.7 Å². The van der Waals surface area contributed by atoms with Crippen LogP contribution in [0.3, 0.4) is 0 Å². The number of hydrogen-bond acceptors (Lipinski definition) is 6. The Balaban J connectivity index is 1.41. The molecule has 0 spiro atoms. The third-order valence-electron chi connectivity index (χ3n) is 5.82. The number of benzene rings is 2. The van der Waals surface area contributed by atoms with Crippen molar-refractivity contribution in [2.75, 3.05) is 19.7 Å². The Kier molecular flexibility index (Phi) is 4.61. The van der Waals surface area contributed by atoms with E-state index in [1.807, 2.05) is 35.2 Å². The predicted octanol–water partition coefficient (Wildman–Crippen LogP) is 2.50. The minimum Gasteiger partial charge on any atom is -0.492 e. The summed E-state index contributed by atoms with van der Waals surface area (Å²) in [5, 5.41) is 9.17. The molecule has 3 heterocycles. The fourth-order valence-electron chi connectivity index (χ4n) is 4.27. The van der Waals surface area contributed by atoms with Crippen molar-refractivity contribution in [3.05, 3.63) is 36.0 Å². The summed E-state index contributed by atoms with van der Waals surface area (Å²) in [5.41, 5.74) is 1.16. The van der Waals surface area contributed by atoms with Gasteiger partial charge in [-0.15, -0.1) is 0 Å². The number of rotatable bonds is 5. The standard InChI is InChI=1S/C22H21N3O5/c26-18-8-6-16(22(28)23-18)21-20-15-5-4-14(12-13(15)3-7-17(20)30-24-21)29-11-10-25-9-1-2-19(25)27/h3-5,7,12,16H,1-2,6,8-11H2,(H,23,26,28)/t16-/m0/s1. The minimum absolute atomic E-state index is 0.188. The van der Waals surface area contributed by atoms with Crippen LogP contribution in [0.2, 0.25) is 0 Å². The topological polar surface area (TPSA) is 102 Å². The summed E-state index contributed by atoms with van der Waals surface area (Å²) in [6.07, 6.45) is 2.24. The Bertz CT molecular complexity index is 1170. The molecule has 1 N–H and O–H groups in total. The van der Waals surface area contributed by atoms with E-state index in [0.717, 1.165) is 29.1 Å². The number of piperidine rings is 1. The first-order valence-corrected chi connectivity index (χ1v) is 10.2. The highest BCUT2D eigenvalue weighted by Gasteiger charge is 2.32. The molecule has 0 radical (unpaired) electrons. The van der Waals surface area contributed by atoms with Crippen molar-refractivity contribution in [1.82, 2.24) is 15.4 Å². The van der Waals surface area contributed by atoms with E-state index < -0.39 is 5.92 Å². The number of fused-ring (bicyclic) bond motifs is 3. The van der Waals surface area contributed by atoms with Gasteiger partial charge in [0.15, 0.2) is 5.58 Å². The smallest absolute Gasteiger partial charge is 0.235 e. The number of aromatic nitrogens is 1. The molecule has 0 aliphatic carbocycles. The number of nitrogens with one attached hydrogen (secondary N) is 1. The molecule has 3 aromatic rings. The lowest BCUT2D eigenvalue weighted by molar-refractivity contribution is -0.134. The van der Waals surface area contributed by atoms with E-state index in [4.69, 9.17) is 9.26 Å². The fraction of sp³-hybridized carbons (Fsp3) is 0.364. The first-order chi connectivity index (χ1) is 14.6. The first kappa shape index (κ1) is 18.6. The Hall–Kier alpha value is -3.42. The molecular weight excluding hydrogens is 386 g/mol. The van der Waals surface area contributed by atoms with Gasteiger partial charge in [0, 0.05) is 19.4 Å². The number of imide groups is 1. The zero-order valence-electron chi connectivity index (χ0n) is 16.3. The summed E-state index contributed by atoms with van der Waals surface area (Å²) < 4.78 is 11.3. The third kappa shape index (κ3) is 3.28. The molecule has 3 amide bonds. The average Bonchev–Trinajstić information content (AvgIpc) is 3.34. The van der Waals surface area contributed by atoms with Gasteiger partial charge in [-0.1, -0.05) is 11.2 Å². The molecule has 2 aromatic carbocycles. The summed E-state index contributed by atoms with van der Waals surface area (Å²) in [6, 6.07) is 9.48. The Morgan fingerprint density at radius 1 is 1.17 bits per heavy atom. The SMILES string of the molecule is O=C1CC[C@@H](c2noc3ccc4cc(OCCN5CCCC5=O)ccc4c23)C(=O)N1. The summed E-state index contributed by atoms with van der Waals surface area (Å²) >= 11 is 0. The largest absolute Gasteiger partial charge is 0.492 e. The second kappa shape index (κ2) is 7.44. The Morgan fingerprint density at radius 3 is 2.87 bits per heavy atom. The van der Waals surface area contributed by atoms with Gasteiger partial charge in [-0.25, -0.2) is 0 Å². The molecule has 8 nitrogen and oxygen atoms in total. The van der Waals surface area contributed by atoms with E-state index in [1.165, 1.54) is 0 Å². The molecule has 2 fully saturated rings. The summed E-state index contributed by atoms with van der Waals surface area (Å²) in [7, 11) is 0. The van der Waals surface area contributed by atoms with Gasteiger partial charge in [-0.2, -0.15) is 0 Å². The van der Waals surface area contributed by atoms with Crippen LogP contribution in [0.1, 0.15) is 37.3 Å². The molecule has 2 aliphatic heterocycles. The number of hydrogen-bond donors (Lipinski definition) is 1. The Morgan fingerprint density at radius 2 is 2.07 bits per heavy atom. The minimum atomic E-state index is -0.511. The molecule has 2 aliphatic rings. The predicted molar refractivity (Wildman–Crippen MR) is 108 cm³/mol. The number of nitrogens with zero attached hydrogens (tertiary/aromatic N) is 2. The van der Waals surface area contributed by atoms with Crippen molar-refractivity contribution < 1.29 is 23.6 Å². The lowest BCUT2D eigenvalue weighted by Crippen LogP contribution is -2.39. The third-order valence-corrected chi connectivity index (χ3v) is 5.82. The van der Waals surface area contributed by atoms with Crippen LogP contribution in [0.15, 0.2) is 34.9 Å². The van der Waals surface area contributed by atoms with Crippen molar-refractivity contribution in [3.63, 3.8) is 0 Å². The normalized spacial score (nSPS) is 19.7. The number of carbonyl (C=O) groups excluding carboxylic acids is 3. The maximum absolute atomic E-state index is 12.3. The maximum Gasteiger partial charge on any atom is 0.235 e. The van der Waals surface area contributed by atoms with Gasteiger partial charge in [0.05, 0.1) is 17.8 Å². The highest BCUT2D eigenvalue weighted by Crippen LogP contribution is 2.36. The van der Waals surface area contributed by atoms with Crippen LogP contribution in [-0.4, -0.2) is 47.5 Å². The second-order valence-electron chi connectivity index (χ2n) is 7.73. The van der Waals surface area contributed by atoms with Crippen molar-refractivity contribution in [2.45, 2.75) is 31.6 Å². The van der Waals surface area contributed by atoms with Crippen LogP contribution in [0.4, 0.5) is 0 Å². The molecule has 0 bridgehead atoms. The first-order valence-electron chi connectivity index (χ1n) is 10.2. The van der Waals surface area contributed by atoms with Gasteiger partial charge in [0.25, 0.3) is 0 Å². The highest BCUT2D eigenvalue weighted by atomic mass is 16.5. The quantitative estimate of drug-likeness (QED) is 0.652. The molecule has 0 saturated carbocycles. The maximum atomic E-state index is 12.3. The summed E-state index contributed by atoms with van der Waals surface area (Å²) in [5.74, 6) is -0.204. The molecule has 1 aromatic heterocycles. The van der Waals surface area contributed by atoms with Gasteiger partial charge in [0.1, 0.15) is 18.1 Å². The van der Waals surface area contributed by atoms with E-state index >= 15 is 0 Å². The molecule has 2 saturated heterocycles. The fourth-order valence-corrected chi connectivity index (χ4v) is 4.27. The zero-order chi connectivity index (χ0) is 20.7. The number of ether oxygens (including phenoxy) is 1. The van der Waals surface area contributed by atoms with Crippen LogP contribution >= 0.6 is 0 Å². The molecule has 5 rings (SSSR count). The van der Waals surface area contributed by atoms with Crippen LogP contribution in [0, 0.1) is 0 Å². The van der Waals surface area contributed by atoms with E-state index in [2.05, 4.69) is 10.5 Å². The second-order valence-corrected chi connectivity index (χ2v) is 7.73. The summed E-state index contributed by atoms with van der Waals surface area (Å²) in [6.45, 7) is 1.82. The number of carbonyl (C=O) groups is 3. The van der Waals surface area contributed by atoms with E-state index in [9.17, 15) is 14.4 Å². The molecular formula is C22H21N3O5. The lowest BCUT2D eigenvalue weighted by atomic mass is 9.91. The highest BCUT2D eigenvalue weighted by molar-refractivity contribution is 6.10. The van der Waals surface area contributed by atoms with Gasteiger partial charge in [-0.3, -0.25) is 19.7 Å². The van der Waals surface area contributed by atoms with Crippen molar-refractivity contribution in [2.24, 2.45) is 0 Å². The van der Waals surface area contributed by atoms with Gasteiger partial charge in [0.2, 0.25) is 17.7 Å². The number of amides is 3. The van der Waals surface area contributed by atoms with Crippen LogP contribution < -0.4 is 10.1 Å². The van der Waals surface area contributed by atoms with Crippen LogP contribution in [-0.2, 0) is 14.4 Å². The lowest BCUT2D eigenvalue weighted by Gasteiger charge is -2.19. The number of likely N-dealkylation sites (tertiary alicyclic amines) is 1. The molecule has 154 valence electrons. The van der Waals surface area contributed by atoms with Gasteiger partial charge in [-0.05, 0) is 47.9 Å². The van der Waals surface area contributed by atoms with Crippen molar-refractivity contribution in [3.8, 4) is 5.75 Å². The summed E-state index contributed by atoms with van der Waals surface area (Å²) in [4.78, 5) is 37.3.